The number of rotatable bonds is 2. The largest absolute Gasteiger partial charge is 0.494 e. The summed E-state index contributed by atoms with van der Waals surface area (Å²) in [7, 11) is -1.58. The zero-order valence-corrected chi connectivity index (χ0v) is 16.0. The molecule has 0 amide bonds. The van der Waals surface area contributed by atoms with Gasteiger partial charge in [-0.05, 0) is 47.0 Å². The minimum Gasteiger partial charge on any atom is -0.399 e. The van der Waals surface area contributed by atoms with E-state index in [1.807, 2.05) is 0 Å². The summed E-state index contributed by atoms with van der Waals surface area (Å²) in [6.07, 6.45) is 0. The third kappa shape index (κ3) is 2.99. The third-order valence-corrected chi connectivity index (χ3v) is 7.12. The van der Waals surface area contributed by atoms with Crippen LogP contribution >= 0.6 is 0 Å². The lowest BCUT2D eigenvalue weighted by molar-refractivity contribution is 0.00578. The van der Waals surface area contributed by atoms with Crippen LogP contribution in [-0.4, -0.2) is 26.4 Å². The summed E-state index contributed by atoms with van der Waals surface area (Å²) in [4.78, 5) is 0. The van der Waals surface area contributed by atoms with Gasteiger partial charge in [0.15, 0.2) is 0 Å². The van der Waals surface area contributed by atoms with Crippen molar-refractivity contribution in [3.8, 4) is 0 Å². The first-order chi connectivity index (χ1) is 9.35. The van der Waals surface area contributed by atoms with E-state index in [1.165, 1.54) is 11.1 Å². The van der Waals surface area contributed by atoms with E-state index >= 15 is 0 Å². The van der Waals surface area contributed by atoms with Gasteiger partial charge >= 0.3 is 7.12 Å². The van der Waals surface area contributed by atoms with Crippen molar-refractivity contribution in [3.63, 3.8) is 0 Å². The van der Waals surface area contributed by atoms with Gasteiger partial charge in [0, 0.05) is 0 Å². The van der Waals surface area contributed by atoms with Crippen molar-refractivity contribution in [2.45, 2.75) is 72.4 Å². The molecule has 0 bridgehead atoms. The average molecular weight is 304 g/mol. The molecule has 0 aromatic heterocycles. The van der Waals surface area contributed by atoms with Crippen LogP contribution in [0, 0.1) is 13.8 Å². The molecule has 2 rings (SSSR count). The predicted octanol–water partition coefficient (Wildman–Crippen LogP) is 3.15. The normalized spacial score (nSPS) is 20.9. The summed E-state index contributed by atoms with van der Waals surface area (Å²) >= 11 is 0. The highest BCUT2D eigenvalue weighted by Crippen LogP contribution is 2.36. The molecule has 0 radical (unpaired) electrons. The fraction of sp³-hybridized carbons (Fsp3) is 0.647. The van der Waals surface area contributed by atoms with Crippen molar-refractivity contribution in [2.24, 2.45) is 0 Å². The van der Waals surface area contributed by atoms with Crippen molar-refractivity contribution < 1.29 is 9.31 Å². The number of hydrogen-bond donors (Lipinski definition) is 0. The van der Waals surface area contributed by atoms with Crippen LogP contribution in [0.3, 0.4) is 0 Å². The molecule has 0 saturated carbocycles. The Labute approximate surface area is 131 Å². The molecule has 1 aliphatic rings. The standard InChI is InChI=1S/C17H29BO2Si/c1-12-10-14(11-13(2)15(12)21(7,8)9)18-19-16(3,4)17(5,6)20-18/h10-11H,1-9H3. The van der Waals surface area contributed by atoms with Crippen LogP contribution in [-0.2, 0) is 9.31 Å². The SMILES string of the molecule is Cc1cc(B2OC(C)(C)C(C)(C)O2)cc(C)c1[Si](C)(C)C. The molecule has 21 heavy (non-hydrogen) atoms. The van der Waals surface area contributed by atoms with Crippen molar-refractivity contribution in [2.75, 3.05) is 0 Å². The molecule has 0 N–H and O–H groups in total. The number of aryl methyl sites for hydroxylation is 2. The Hall–Kier alpha value is -0.578. The first-order valence-electron chi connectivity index (χ1n) is 7.82. The second kappa shape index (κ2) is 4.97. The van der Waals surface area contributed by atoms with Crippen LogP contribution in [0.25, 0.3) is 0 Å². The molecule has 1 aliphatic heterocycles. The Bertz CT molecular complexity index is 519. The topological polar surface area (TPSA) is 18.5 Å². The highest BCUT2D eigenvalue weighted by molar-refractivity contribution is 6.89. The summed E-state index contributed by atoms with van der Waals surface area (Å²) < 4.78 is 12.3. The summed E-state index contributed by atoms with van der Waals surface area (Å²) in [5.41, 5.74) is 3.33. The van der Waals surface area contributed by atoms with Gasteiger partial charge in [-0.1, -0.05) is 48.1 Å². The van der Waals surface area contributed by atoms with Gasteiger partial charge < -0.3 is 9.31 Å². The van der Waals surface area contributed by atoms with Gasteiger partial charge in [-0.3, -0.25) is 0 Å². The molecular weight excluding hydrogens is 275 g/mol. The number of benzene rings is 1. The van der Waals surface area contributed by atoms with E-state index in [1.54, 1.807) is 5.19 Å². The fourth-order valence-corrected chi connectivity index (χ4v) is 5.81. The van der Waals surface area contributed by atoms with E-state index in [9.17, 15) is 0 Å². The second-order valence-corrected chi connectivity index (χ2v) is 13.4. The van der Waals surface area contributed by atoms with E-state index in [2.05, 4.69) is 73.3 Å². The molecule has 116 valence electrons. The highest BCUT2D eigenvalue weighted by Gasteiger charge is 2.51. The Morgan fingerprint density at radius 1 is 0.857 bits per heavy atom. The smallest absolute Gasteiger partial charge is 0.399 e. The maximum absolute atomic E-state index is 6.17. The van der Waals surface area contributed by atoms with Crippen LogP contribution in [0.5, 0.6) is 0 Å². The summed E-state index contributed by atoms with van der Waals surface area (Å²) in [5.74, 6) is 0. The van der Waals surface area contributed by atoms with Gasteiger partial charge in [-0.25, -0.2) is 0 Å². The minimum absolute atomic E-state index is 0.261. The Morgan fingerprint density at radius 3 is 1.57 bits per heavy atom. The average Bonchev–Trinajstić information content (AvgIpc) is 2.44. The number of hydrogen-bond acceptors (Lipinski definition) is 2. The molecule has 1 aromatic rings. The molecule has 1 fully saturated rings. The fourth-order valence-electron chi connectivity index (χ4n) is 3.30. The molecule has 0 atom stereocenters. The quantitative estimate of drug-likeness (QED) is 0.782. The van der Waals surface area contributed by atoms with Crippen LogP contribution in [0.2, 0.25) is 19.6 Å². The van der Waals surface area contributed by atoms with Gasteiger partial charge in [-0.2, -0.15) is 0 Å². The molecule has 0 aliphatic carbocycles. The van der Waals surface area contributed by atoms with Gasteiger partial charge in [0.25, 0.3) is 0 Å². The van der Waals surface area contributed by atoms with Crippen molar-refractivity contribution >= 4 is 25.8 Å². The monoisotopic (exact) mass is 304 g/mol. The van der Waals surface area contributed by atoms with E-state index in [-0.39, 0.29) is 18.3 Å². The molecular formula is C17H29BO2Si. The van der Waals surface area contributed by atoms with E-state index in [0.29, 0.717) is 0 Å². The Morgan fingerprint density at radius 2 is 1.24 bits per heavy atom. The summed E-state index contributed by atoms with van der Waals surface area (Å²) in [6, 6.07) is 4.51. The molecule has 1 aromatic carbocycles. The highest BCUT2D eigenvalue weighted by atomic mass is 28.3. The zero-order chi connectivity index (χ0) is 16.2. The molecule has 1 heterocycles. The molecule has 2 nitrogen and oxygen atoms in total. The lowest BCUT2D eigenvalue weighted by Gasteiger charge is -2.32. The Balaban J connectivity index is 2.41. The lowest BCUT2D eigenvalue weighted by Crippen LogP contribution is -2.44. The van der Waals surface area contributed by atoms with Crippen LogP contribution in [0.1, 0.15) is 38.8 Å². The van der Waals surface area contributed by atoms with Gasteiger partial charge in [0.05, 0.1) is 19.3 Å². The van der Waals surface area contributed by atoms with Crippen molar-refractivity contribution in [3.05, 3.63) is 23.3 Å². The van der Waals surface area contributed by atoms with Crippen molar-refractivity contribution in [1.29, 1.82) is 0 Å². The zero-order valence-electron chi connectivity index (χ0n) is 15.0. The third-order valence-electron chi connectivity index (χ3n) is 4.83. The lowest BCUT2D eigenvalue weighted by atomic mass is 9.77. The van der Waals surface area contributed by atoms with Crippen LogP contribution in [0.15, 0.2) is 12.1 Å². The molecule has 0 unspecified atom stereocenters. The summed E-state index contributed by atoms with van der Waals surface area (Å²) in [6.45, 7) is 20.0. The maximum Gasteiger partial charge on any atom is 0.494 e. The van der Waals surface area contributed by atoms with Gasteiger partial charge in [0.1, 0.15) is 0 Å². The molecule has 4 heteroatoms. The minimum atomic E-state index is -1.32. The summed E-state index contributed by atoms with van der Waals surface area (Å²) in [5, 5.41) is 1.56. The van der Waals surface area contributed by atoms with Crippen molar-refractivity contribution in [1.82, 2.24) is 0 Å². The Kier molecular flexibility index (Phi) is 3.97. The van der Waals surface area contributed by atoms with Crippen LogP contribution < -0.4 is 10.6 Å². The van der Waals surface area contributed by atoms with E-state index in [0.717, 1.165) is 5.46 Å². The molecule has 1 saturated heterocycles. The van der Waals surface area contributed by atoms with Gasteiger partial charge in [-0.15, -0.1) is 0 Å². The van der Waals surface area contributed by atoms with Gasteiger partial charge in [0.2, 0.25) is 0 Å². The molecule has 0 spiro atoms. The predicted molar refractivity (Wildman–Crippen MR) is 94.6 cm³/mol. The maximum atomic E-state index is 6.17. The second-order valence-electron chi connectivity index (χ2n) is 8.37. The van der Waals surface area contributed by atoms with E-state index in [4.69, 9.17) is 9.31 Å². The van der Waals surface area contributed by atoms with E-state index < -0.39 is 8.07 Å². The van der Waals surface area contributed by atoms with Crippen LogP contribution in [0.4, 0.5) is 0 Å². The first kappa shape index (κ1) is 16.8. The first-order valence-corrected chi connectivity index (χ1v) is 11.3.